The summed E-state index contributed by atoms with van der Waals surface area (Å²) in [6.07, 6.45) is 1.14. The SMILES string of the molecule is CC(=O)Oc1coc2ccc(OCc3ccccc3)cc2c1=O. The molecule has 0 N–H and O–H groups in total. The summed E-state index contributed by atoms with van der Waals surface area (Å²) in [6, 6.07) is 14.6. The molecule has 1 heterocycles. The molecule has 5 nitrogen and oxygen atoms in total. The van der Waals surface area contributed by atoms with Gasteiger partial charge in [0.2, 0.25) is 11.2 Å². The predicted molar refractivity (Wildman–Crippen MR) is 84.6 cm³/mol. The van der Waals surface area contributed by atoms with Crippen molar-refractivity contribution in [3.05, 3.63) is 70.6 Å². The van der Waals surface area contributed by atoms with E-state index in [1.807, 2.05) is 30.3 Å². The molecular formula is C18H14O5. The Hall–Kier alpha value is -3.08. The van der Waals surface area contributed by atoms with Gasteiger partial charge in [-0.3, -0.25) is 9.59 Å². The molecule has 0 aliphatic rings. The standard InChI is InChI=1S/C18H14O5/c1-12(19)23-17-11-22-16-8-7-14(9-15(16)18(17)20)21-10-13-5-3-2-4-6-13/h2-9,11H,10H2,1H3. The maximum atomic E-state index is 12.3. The van der Waals surface area contributed by atoms with Crippen LogP contribution in [-0.4, -0.2) is 5.97 Å². The molecule has 0 fully saturated rings. The fourth-order valence-electron chi connectivity index (χ4n) is 2.15. The monoisotopic (exact) mass is 310 g/mol. The van der Waals surface area contributed by atoms with Crippen molar-refractivity contribution in [2.75, 3.05) is 0 Å². The lowest BCUT2D eigenvalue weighted by molar-refractivity contribution is -0.132. The van der Waals surface area contributed by atoms with Crippen molar-refractivity contribution >= 4 is 16.9 Å². The highest BCUT2D eigenvalue weighted by Gasteiger charge is 2.11. The minimum atomic E-state index is -0.576. The average molecular weight is 310 g/mol. The summed E-state index contributed by atoms with van der Waals surface area (Å²) in [6.45, 7) is 1.62. The summed E-state index contributed by atoms with van der Waals surface area (Å²) in [7, 11) is 0. The van der Waals surface area contributed by atoms with E-state index in [-0.39, 0.29) is 5.75 Å². The molecule has 0 aliphatic carbocycles. The maximum absolute atomic E-state index is 12.3. The zero-order chi connectivity index (χ0) is 16.2. The Labute approximate surface area is 132 Å². The van der Waals surface area contributed by atoms with Gasteiger partial charge in [0, 0.05) is 6.92 Å². The number of carbonyl (C=O) groups excluding carboxylic acids is 1. The Bertz CT molecular complexity index is 896. The first kappa shape index (κ1) is 14.8. The molecule has 0 saturated heterocycles. The third kappa shape index (κ3) is 3.40. The number of ether oxygens (including phenoxy) is 2. The molecular weight excluding hydrogens is 296 g/mol. The summed E-state index contributed by atoms with van der Waals surface area (Å²) < 4.78 is 15.8. The summed E-state index contributed by atoms with van der Waals surface area (Å²) >= 11 is 0. The topological polar surface area (TPSA) is 65.7 Å². The van der Waals surface area contributed by atoms with E-state index in [4.69, 9.17) is 13.9 Å². The first-order valence-electron chi connectivity index (χ1n) is 7.04. The van der Waals surface area contributed by atoms with E-state index in [0.29, 0.717) is 23.3 Å². The molecule has 0 aliphatic heterocycles. The van der Waals surface area contributed by atoms with Crippen molar-refractivity contribution in [1.82, 2.24) is 0 Å². The highest BCUT2D eigenvalue weighted by Crippen LogP contribution is 2.21. The van der Waals surface area contributed by atoms with Gasteiger partial charge in [0.25, 0.3) is 0 Å². The smallest absolute Gasteiger partial charge is 0.308 e. The molecule has 1 aromatic heterocycles. The van der Waals surface area contributed by atoms with Crippen molar-refractivity contribution in [1.29, 1.82) is 0 Å². The van der Waals surface area contributed by atoms with E-state index >= 15 is 0 Å². The van der Waals surface area contributed by atoms with E-state index in [2.05, 4.69) is 0 Å². The Kier molecular flexibility index (Phi) is 4.10. The zero-order valence-electron chi connectivity index (χ0n) is 12.4. The van der Waals surface area contributed by atoms with Gasteiger partial charge in [0.05, 0.1) is 5.39 Å². The van der Waals surface area contributed by atoms with Gasteiger partial charge in [0.15, 0.2) is 0 Å². The fraction of sp³-hybridized carbons (Fsp3) is 0.111. The van der Waals surface area contributed by atoms with Crippen LogP contribution in [0.15, 0.2) is 64.0 Å². The summed E-state index contributed by atoms with van der Waals surface area (Å²) in [5.74, 6) is -0.174. The van der Waals surface area contributed by atoms with Crippen LogP contribution in [0.1, 0.15) is 12.5 Å². The van der Waals surface area contributed by atoms with E-state index in [0.717, 1.165) is 11.8 Å². The van der Waals surface area contributed by atoms with E-state index in [1.165, 1.54) is 6.92 Å². The van der Waals surface area contributed by atoms with Crippen LogP contribution < -0.4 is 14.9 Å². The molecule has 3 rings (SSSR count). The minimum Gasteiger partial charge on any atom is -0.489 e. The van der Waals surface area contributed by atoms with Crippen LogP contribution in [-0.2, 0) is 11.4 Å². The van der Waals surface area contributed by atoms with Gasteiger partial charge in [0.1, 0.15) is 24.2 Å². The van der Waals surface area contributed by atoms with Crippen LogP contribution in [0.25, 0.3) is 11.0 Å². The molecule has 0 amide bonds. The quantitative estimate of drug-likeness (QED) is 0.692. The summed E-state index contributed by atoms with van der Waals surface area (Å²) in [4.78, 5) is 23.3. The van der Waals surface area contributed by atoms with E-state index in [1.54, 1.807) is 18.2 Å². The highest BCUT2D eigenvalue weighted by molar-refractivity contribution is 5.80. The number of benzene rings is 2. The number of esters is 1. The van der Waals surface area contributed by atoms with Crippen LogP contribution in [0.4, 0.5) is 0 Å². The van der Waals surface area contributed by atoms with E-state index < -0.39 is 11.4 Å². The molecule has 3 aromatic rings. The number of hydrogen-bond donors (Lipinski definition) is 0. The number of carbonyl (C=O) groups is 1. The van der Waals surface area contributed by atoms with Crippen LogP contribution >= 0.6 is 0 Å². The molecule has 23 heavy (non-hydrogen) atoms. The molecule has 0 saturated carbocycles. The largest absolute Gasteiger partial charge is 0.489 e. The average Bonchev–Trinajstić information content (AvgIpc) is 2.56. The van der Waals surface area contributed by atoms with Gasteiger partial charge in [-0.25, -0.2) is 0 Å². The normalized spacial score (nSPS) is 10.5. The lowest BCUT2D eigenvalue weighted by Gasteiger charge is -2.07. The zero-order valence-corrected chi connectivity index (χ0v) is 12.4. The molecule has 0 bridgehead atoms. The van der Waals surface area contributed by atoms with Crippen molar-refractivity contribution < 1.29 is 18.7 Å². The van der Waals surface area contributed by atoms with Crippen LogP contribution in [0.3, 0.4) is 0 Å². The van der Waals surface area contributed by atoms with Crippen molar-refractivity contribution in [2.45, 2.75) is 13.5 Å². The minimum absolute atomic E-state index is 0.134. The fourth-order valence-corrected chi connectivity index (χ4v) is 2.15. The second-order valence-electron chi connectivity index (χ2n) is 4.95. The first-order valence-corrected chi connectivity index (χ1v) is 7.04. The molecule has 5 heteroatoms. The second kappa shape index (κ2) is 6.36. The van der Waals surface area contributed by atoms with Gasteiger partial charge in [-0.1, -0.05) is 30.3 Å². The Morgan fingerprint density at radius 1 is 1.13 bits per heavy atom. The van der Waals surface area contributed by atoms with Crippen LogP contribution in [0.2, 0.25) is 0 Å². The number of rotatable bonds is 4. The number of fused-ring (bicyclic) bond motifs is 1. The second-order valence-corrected chi connectivity index (χ2v) is 4.95. The number of hydrogen-bond acceptors (Lipinski definition) is 5. The first-order chi connectivity index (χ1) is 11.1. The third-order valence-corrected chi connectivity index (χ3v) is 3.21. The molecule has 0 unspecified atom stereocenters. The highest BCUT2D eigenvalue weighted by atomic mass is 16.5. The maximum Gasteiger partial charge on any atom is 0.308 e. The Morgan fingerprint density at radius 3 is 2.65 bits per heavy atom. The molecule has 2 aromatic carbocycles. The Morgan fingerprint density at radius 2 is 1.91 bits per heavy atom. The van der Waals surface area contributed by atoms with Crippen molar-refractivity contribution in [3.63, 3.8) is 0 Å². The van der Waals surface area contributed by atoms with Crippen molar-refractivity contribution in [3.8, 4) is 11.5 Å². The third-order valence-electron chi connectivity index (χ3n) is 3.21. The summed E-state index contributed by atoms with van der Waals surface area (Å²) in [5, 5.41) is 0.300. The van der Waals surface area contributed by atoms with Gasteiger partial charge >= 0.3 is 5.97 Å². The predicted octanol–water partition coefficient (Wildman–Crippen LogP) is 3.30. The van der Waals surface area contributed by atoms with E-state index in [9.17, 15) is 9.59 Å². The van der Waals surface area contributed by atoms with Gasteiger partial charge < -0.3 is 13.9 Å². The van der Waals surface area contributed by atoms with Gasteiger partial charge in [-0.05, 0) is 23.8 Å². The molecule has 0 atom stereocenters. The van der Waals surface area contributed by atoms with Gasteiger partial charge in [-0.2, -0.15) is 0 Å². The lowest BCUT2D eigenvalue weighted by Crippen LogP contribution is -2.11. The Balaban J connectivity index is 1.89. The van der Waals surface area contributed by atoms with Crippen molar-refractivity contribution in [2.24, 2.45) is 0 Å². The van der Waals surface area contributed by atoms with Crippen LogP contribution in [0.5, 0.6) is 11.5 Å². The van der Waals surface area contributed by atoms with Gasteiger partial charge in [-0.15, -0.1) is 0 Å². The lowest BCUT2D eigenvalue weighted by atomic mass is 10.2. The summed E-state index contributed by atoms with van der Waals surface area (Å²) in [5.41, 5.74) is 1.01. The van der Waals surface area contributed by atoms with Crippen LogP contribution in [0, 0.1) is 0 Å². The molecule has 116 valence electrons. The molecule has 0 radical (unpaired) electrons. The molecule has 0 spiro atoms.